The highest BCUT2D eigenvalue weighted by atomic mass is 16.4. The largest absolute Gasteiger partial charge is 0.481 e. The number of carbonyl (C=O) groups is 2. The van der Waals surface area contributed by atoms with Crippen LogP contribution in [-0.2, 0) is 16.0 Å². The van der Waals surface area contributed by atoms with E-state index in [9.17, 15) is 9.59 Å². The zero-order valence-corrected chi connectivity index (χ0v) is 12.4. The molecule has 0 aliphatic heterocycles. The number of rotatable bonds is 6. The first-order valence-electron chi connectivity index (χ1n) is 7.66. The Bertz CT molecular complexity index is 701. The summed E-state index contributed by atoms with van der Waals surface area (Å²) in [6.07, 6.45) is 5.49. The predicted molar refractivity (Wildman–Crippen MR) is 83.6 cm³/mol. The summed E-state index contributed by atoms with van der Waals surface area (Å²) in [4.78, 5) is 26.3. The van der Waals surface area contributed by atoms with E-state index in [1.165, 1.54) is 0 Å². The number of benzene rings is 1. The Kier molecular flexibility index (Phi) is 3.88. The Labute approximate surface area is 128 Å². The number of aromatic nitrogens is 1. The van der Waals surface area contributed by atoms with Gasteiger partial charge in [-0.15, -0.1) is 0 Å². The number of carboxylic acids is 1. The molecule has 5 heteroatoms. The van der Waals surface area contributed by atoms with E-state index in [1.54, 1.807) is 0 Å². The smallest absolute Gasteiger partial charge is 0.305 e. The molecule has 1 aromatic heterocycles. The Balaban J connectivity index is 1.59. The number of amides is 1. The van der Waals surface area contributed by atoms with Crippen LogP contribution < -0.4 is 5.32 Å². The number of carbonyl (C=O) groups excluding carboxylic acids is 1. The molecule has 1 amide bonds. The summed E-state index contributed by atoms with van der Waals surface area (Å²) in [5.41, 5.74) is 1.68. The van der Waals surface area contributed by atoms with Gasteiger partial charge in [-0.1, -0.05) is 18.2 Å². The average molecular weight is 300 g/mol. The third-order valence-electron chi connectivity index (χ3n) is 4.50. The predicted octanol–water partition coefficient (Wildman–Crippen LogP) is 2.61. The van der Waals surface area contributed by atoms with Gasteiger partial charge in [-0.2, -0.15) is 0 Å². The highest BCUT2D eigenvalue weighted by molar-refractivity contribution is 5.84. The number of aryl methyl sites for hydroxylation is 1. The van der Waals surface area contributed by atoms with E-state index in [0.29, 0.717) is 12.8 Å². The fraction of sp³-hybridized carbons (Fsp3) is 0.412. The van der Waals surface area contributed by atoms with Gasteiger partial charge in [0.05, 0.1) is 12.0 Å². The molecule has 1 fully saturated rings. The minimum atomic E-state index is -0.850. The third-order valence-corrected chi connectivity index (χ3v) is 4.50. The summed E-state index contributed by atoms with van der Waals surface area (Å²) in [7, 11) is 0. The second-order valence-corrected chi connectivity index (χ2v) is 6.11. The van der Waals surface area contributed by atoms with Crippen LogP contribution in [-0.4, -0.2) is 27.5 Å². The molecule has 0 spiro atoms. The van der Waals surface area contributed by atoms with Crippen molar-refractivity contribution in [2.45, 2.75) is 44.1 Å². The molecule has 3 N–H and O–H groups in total. The van der Waals surface area contributed by atoms with Gasteiger partial charge in [0.2, 0.25) is 5.91 Å². The first-order chi connectivity index (χ1) is 10.6. The van der Waals surface area contributed by atoms with Gasteiger partial charge in [0.1, 0.15) is 0 Å². The molecule has 0 atom stereocenters. The minimum absolute atomic E-state index is 0.0197. The molecule has 0 unspecified atom stereocenters. The highest BCUT2D eigenvalue weighted by Crippen LogP contribution is 2.35. The molecule has 2 aromatic rings. The van der Waals surface area contributed by atoms with Gasteiger partial charge in [0.25, 0.3) is 0 Å². The molecule has 116 valence electrons. The van der Waals surface area contributed by atoms with Crippen LogP contribution in [0, 0.1) is 0 Å². The molecule has 1 saturated carbocycles. The second kappa shape index (κ2) is 5.83. The average Bonchev–Trinajstić information content (AvgIpc) is 2.85. The van der Waals surface area contributed by atoms with Gasteiger partial charge in [-0.3, -0.25) is 9.59 Å². The summed E-state index contributed by atoms with van der Waals surface area (Å²) in [6, 6.07) is 8.00. The van der Waals surface area contributed by atoms with Crippen LogP contribution in [0.2, 0.25) is 0 Å². The van der Waals surface area contributed by atoms with Gasteiger partial charge >= 0.3 is 5.97 Å². The van der Waals surface area contributed by atoms with E-state index >= 15 is 0 Å². The SMILES string of the molecule is O=C(O)CC1(NC(=O)CCc2c[nH]c3ccccc23)CCC1. The van der Waals surface area contributed by atoms with Crippen LogP contribution in [0.4, 0.5) is 0 Å². The number of carboxylic acid groups (broad SMARTS) is 1. The lowest BCUT2D eigenvalue weighted by Gasteiger charge is -2.41. The first-order valence-corrected chi connectivity index (χ1v) is 7.66. The zero-order valence-electron chi connectivity index (χ0n) is 12.4. The molecule has 1 aromatic carbocycles. The zero-order chi connectivity index (χ0) is 15.6. The van der Waals surface area contributed by atoms with Crippen LogP contribution in [0.5, 0.6) is 0 Å². The van der Waals surface area contributed by atoms with E-state index in [4.69, 9.17) is 5.11 Å². The van der Waals surface area contributed by atoms with Gasteiger partial charge in [0, 0.05) is 23.5 Å². The third kappa shape index (κ3) is 2.98. The van der Waals surface area contributed by atoms with Crippen molar-refractivity contribution < 1.29 is 14.7 Å². The molecule has 1 aliphatic carbocycles. The second-order valence-electron chi connectivity index (χ2n) is 6.11. The Hall–Kier alpha value is -2.30. The fourth-order valence-electron chi connectivity index (χ4n) is 3.18. The Morgan fingerprint density at radius 3 is 2.73 bits per heavy atom. The number of fused-ring (bicyclic) bond motifs is 1. The van der Waals surface area contributed by atoms with E-state index in [1.807, 2.05) is 30.5 Å². The number of aromatic amines is 1. The summed E-state index contributed by atoms with van der Waals surface area (Å²) >= 11 is 0. The Morgan fingerprint density at radius 2 is 2.05 bits per heavy atom. The molecular formula is C17H20N2O3. The Morgan fingerprint density at radius 1 is 1.27 bits per heavy atom. The van der Waals surface area contributed by atoms with Crippen molar-refractivity contribution in [3.8, 4) is 0 Å². The maximum atomic E-state index is 12.1. The number of hydrogen-bond donors (Lipinski definition) is 3. The van der Waals surface area contributed by atoms with Crippen molar-refractivity contribution in [3.63, 3.8) is 0 Å². The number of H-pyrrole nitrogens is 1. The highest BCUT2D eigenvalue weighted by Gasteiger charge is 2.40. The van der Waals surface area contributed by atoms with Gasteiger partial charge in [-0.05, 0) is 37.3 Å². The van der Waals surface area contributed by atoms with E-state index in [0.717, 1.165) is 35.7 Å². The lowest BCUT2D eigenvalue weighted by Crippen LogP contribution is -2.54. The van der Waals surface area contributed by atoms with Crippen LogP contribution in [0.1, 0.15) is 37.7 Å². The maximum Gasteiger partial charge on any atom is 0.305 e. The molecule has 0 saturated heterocycles. The number of aliphatic carboxylic acids is 1. The van der Waals surface area contributed by atoms with Crippen molar-refractivity contribution in [2.75, 3.05) is 0 Å². The fourth-order valence-corrected chi connectivity index (χ4v) is 3.18. The number of hydrogen-bond acceptors (Lipinski definition) is 2. The lowest BCUT2D eigenvalue weighted by molar-refractivity contribution is -0.140. The van der Waals surface area contributed by atoms with Gasteiger partial charge in [0.15, 0.2) is 0 Å². The summed E-state index contributed by atoms with van der Waals surface area (Å²) in [5, 5.41) is 13.0. The normalized spacial score (nSPS) is 16.2. The summed E-state index contributed by atoms with van der Waals surface area (Å²) in [5.74, 6) is -0.914. The van der Waals surface area contributed by atoms with Crippen LogP contribution in [0.15, 0.2) is 30.5 Å². The summed E-state index contributed by atoms with van der Waals surface area (Å²) < 4.78 is 0. The van der Waals surface area contributed by atoms with Crippen molar-refractivity contribution >= 4 is 22.8 Å². The number of nitrogens with one attached hydrogen (secondary N) is 2. The van der Waals surface area contributed by atoms with E-state index < -0.39 is 11.5 Å². The van der Waals surface area contributed by atoms with E-state index in [2.05, 4.69) is 10.3 Å². The first kappa shape index (κ1) is 14.6. The molecule has 0 radical (unpaired) electrons. The van der Waals surface area contributed by atoms with Crippen LogP contribution in [0.3, 0.4) is 0 Å². The minimum Gasteiger partial charge on any atom is -0.481 e. The lowest BCUT2D eigenvalue weighted by atomic mass is 9.74. The molecule has 1 heterocycles. The van der Waals surface area contributed by atoms with Crippen molar-refractivity contribution in [2.24, 2.45) is 0 Å². The van der Waals surface area contributed by atoms with Crippen molar-refractivity contribution in [1.82, 2.24) is 10.3 Å². The molecule has 0 bridgehead atoms. The van der Waals surface area contributed by atoms with Crippen molar-refractivity contribution in [1.29, 1.82) is 0 Å². The summed E-state index contributed by atoms with van der Waals surface area (Å²) in [6.45, 7) is 0. The molecule has 22 heavy (non-hydrogen) atoms. The van der Waals surface area contributed by atoms with Gasteiger partial charge in [-0.25, -0.2) is 0 Å². The number of para-hydroxylation sites is 1. The quantitative estimate of drug-likeness (QED) is 0.767. The van der Waals surface area contributed by atoms with Crippen LogP contribution >= 0.6 is 0 Å². The van der Waals surface area contributed by atoms with Crippen LogP contribution in [0.25, 0.3) is 10.9 Å². The van der Waals surface area contributed by atoms with Crippen molar-refractivity contribution in [3.05, 3.63) is 36.0 Å². The molecule has 5 nitrogen and oxygen atoms in total. The molecular weight excluding hydrogens is 280 g/mol. The molecule has 1 aliphatic rings. The monoisotopic (exact) mass is 300 g/mol. The standard InChI is InChI=1S/C17H20N2O3/c20-15(19-17(8-3-9-17)10-16(21)22)7-6-12-11-18-14-5-2-1-4-13(12)14/h1-2,4-5,11,18H,3,6-10H2,(H,19,20)(H,21,22). The molecule has 3 rings (SSSR count). The van der Waals surface area contributed by atoms with Gasteiger partial charge < -0.3 is 15.4 Å². The maximum absolute atomic E-state index is 12.1. The topological polar surface area (TPSA) is 82.2 Å². The van der Waals surface area contributed by atoms with E-state index in [-0.39, 0.29) is 12.3 Å².